The van der Waals surface area contributed by atoms with Gasteiger partial charge in [-0.2, -0.15) is 0 Å². The van der Waals surface area contributed by atoms with Crippen LogP contribution in [0, 0.1) is 0 Å². The van der Waals surface area contributed by atoms with Crippen LogP contribution in [0.5, 0.6) is 0 Å². The van der Waals surface area contributed by atoms with Crippen molar-refractivity contribution < 1.29 is 0 Å². The molecular weight excluding hydrogens is 180 g/mol. The molecule has 0 aliphatic carbocycles. The first-order valence-electron chi connectivity index (χ1n) is 3.72. The molecule has 0 unspecified atom stereocenters. The summed E-state index contributed by atoms with van der Waals surface area (Å²) in [5.74, 6) is 0. The molecule has 1 aromatic carbocycles. The summed E-state index contributed by atoms with van der Waals surface area (Å²) in [5, 5.41) is 1.49. The average Bonchev–Trinajstić information content (AvgIpc) is 2.07. The fraction of sp³-hybridized carbons (Fsp3) is 0.250. The summed E-state index contributed by atoms with van der Waals surface area (Å²) in [6.07, 6.45) is 0. The summed E-state index contributed by atoms with van der Waals surface area (Å²) in [5.41, 5.74) is 0. The Labute approximate surface area is 75.5 Å². The van der Waals surface area contributed by atoms with Crippen molar-refractivity contribution in [3.8, 4) is 0 Å². The molecule has 0 amide bonds. The van der Waals surface area contributed by atoms with E-state index in [-0.39, 0.29) is 7.83 Å². The van der Waals surface area contributed by atoms with E-state index in [9.17, 15) is 0 Å². The molecule has 3 heteroatoms. The summed E-state index contributed by atoms with van der Waals surface area (Å²) in [6.45, 7) is 2.24. The van der Waals surface area contributed by atoms with Crippen LogP contribution in [0.25, 0.3) is 0 Å². The largest absolute Gasteiger partial charge is 0.0685 e. The zero-order chi connectivity index (χ0) is 8.10. The lowest BCUT2D eigenvalue weighted by molar-refractivity contribution is 1.47. The summed E-state index contributed by atoms with van der Waals surface area (Å²) in [4.78, 5) is 0. The third-order valence-corrected chi connectivity index (χ3v) is 8.48. The van der Waals surface area contributed by atoms with Gasteiger partial charge in [-0.25, -0.2) is 0 Å². The lowest BCUT2D eigenvalue weighted by atomic mass is 10.4. The Morgan fingerprint density at radius 2 is 2.00 bits per heavy atom. The molecule has 6 radical (unpaired) electrons. The van der Waals surface area contributed by atoms with E-state index in [1.807, 2.05) is 0 Å². The van der Waals surface area contributed by atoms with Gasteiger partial charge >= 0.3 is 0 Å². The van der Waals surface area contributed by atoms with E-state index < -0.39 is 0 Å². The van der Waals surface area contributed by atoms with Crippen molar-refractivity contribution in [2.24, 2.45) is 0 Å². The van der Waals surface area contributed by atoms with Crippen LogP contribution in [-0.2, 0) is 0 Å². The van der Waals surface area contributed by atoms with Gasteiger partial charge in [-0.3, -0.25) is 0 Å². The van der Waals surface area contributed by atoms with Gasteiger partial charge < -0.3 is 0 Å². The van der Waals surface area contributed by atoms with E-state index >= 15 is 0 Å². The highest BCUT2D eigenvalue weighted by Gasteiger charge is 2.04. The van der Waals surface area contributed by atoms with Crippen LogP contribution in [-0.4, -0.2) is 26.6 Å². The molecule has 0 aromatic heterocycles. The molecule has 1 aromatic rings. The quantitative estimate of drug-likeness (QED) is 0.616. The maximum Gasteiger partial charge on any atom is 0.0549 e. The van der Waals surface area contributed by atoms with Crippen LogP contribution in [0.15, 0.2) is 30.3 Å². The van der Waals surface area contributed by atoms with Gasteiger partial charge in [0.15, 0.2) is 0 Å². The molecule has 54 valence electrons. The summed E-state index contributed by atoms with van der Waals surface area (Å²) in [6, 6.07) is 12.0. The zero-order valence-electron chi connectivity index (χ0n) is 6.59. The zero-order valence-corrected chi connectivity index (χ0v) is 9.59. The Bertz CT molecular complexity index is 198. The van der Waals surface area contributed by atoms with Crippen molar-refractivity contribution in [1.82, 2.24) is 0 Å². The van der Waals surface area contributed by atoms with E-state index in [4.69, 9.17) is 0 Å². The van der Waals surface area contributed by atoms with E-state index in [1.165, 1.54) is 11.2 Å². The molecule has 1 rings (SSSR count). The minimum absolute atomic E-state index is 0.385. The van der Waals surface area contributed by atoms with Crippen molar-refractivity contribution in [3.05, 3.63) is 30.3 Å². The first-order chi connectivity index (χ1) is 5.34. The molecular formula is C8H10Si3. The highest BCUT2D eigenvalue weighted by atomic mass is 29.5. The Balaban J connectivity index is 2.61. The molecule has 0 saturated heterocycles. The van der Waals surface area contributed by atoms with Gasteiger partial charge in [-0.1, -0.05) is 48.5 Å². The first kappa shape index (κ1) is 8.96. The van der Waals surface area contributed by atoms with Gasteiger partial charge in [0.25, 0.3) is 0 Å². The number of benzene rings is 1. The fourth-order valence-electron chi connectivity index (χ4n) is 0.884. The Hall–Kier alpha value is -0.129. The van der Waals surface area contributed by atoms with Crippen LogP contribution in [0.1, 0.15) is 6.92 Å². The van der Waals surface area contributed by atoms with Crippen LogP contribution < -0.4 is 5.19 Å². The third-order valence-electron chi connectivity index (χ3n) is 1.42. The maximum atomic E-state index is 3.81. The van der Waals surface area contributed by atoms with Crippen molar-refractivity contribution in [1.29, 1.82) is 0 Å². The molecule has 0 atom stereocenters. The minimum Gasteiger partial charge on any atom is -0.0685 e. The molecule has 0 spiro atoms. The molecule has 0 N–H and O–H groups in total. The van der Waals surface area contributed by atoms with Crippen LogP contribution in [0.2, 0.25) is 6.04 Å². The van der Waals surface area contributed by atoms with Gasteiger partial charge in [0.05, 0.1) is 7.83 Å². The summed E-state index contributed by atoms with van der Waals surface area (Å²) in [7, 11) is 4.51. The van der Waals surface area contributed by atoms with Crippen molar-refractivity contribution in [3.63, 3.8) is 0 Å². The molecule has 0 bridgehead atoms. The third kappa shape index (κ3) is 2.77. The SMILES string of the molecule is CC[Si][Si]([Si])c1ccccc1. The van der Waals surface area contributed by atoms with Gasteiger partial charge in [0.2, 0.25) is 0 Å². The second kappa shape index (κ2) is 4.69. The molecule has 0 aliphatic rings. The van der Waals surface area contributed by atoms with Crippen molar-refractivity contribution >= 4 is 31.8 Å². The second-order valence-electron chi connectivity index (χ2n) is 2.27. The number of rotatable bonds is 3. The topological polar surface area (TPSA) is 0 Å². The Kier molecular flexibility index (Phi) is 3.82. The monoisotopic (exact) mass is 190 g/mol. The van der Waals surface area contributed by atoms with E-state index in [2.05, 4.69) is 47.0 Å². The molecule has 0 fully saturated rings. The van der Waals surface area contributed by atoms with E-state index in [1.54, 1.807) is 0 Å². The fourth-order valence-corrected chi connectivity index (χ4v) is 6.23. The standard InChI is InChI=1S/C8H10Si3/c1-2-10-11(9)8-6-4-3-5-7-8/h3-7H,2H2,1H3. The normalized spacial score (nSPS) is 10.5. The van der Waals surface area contributed by atoms with Gasteiger partial charge in [0.1, 0.15) is 0 Å². The van der Waals surface area contributed by atoms with E-state index in [0.717, 1.165) is 9.04 Å². The molecule has 0 saturated carbocycles. The van der Waals surface area contributed by atoms with Crippen LogP contribution in [0.3, 0.4) is 0 Å². The van der Waals surface area contributed by atoms with Gasteiger partial charge in [-0.05, 0) is 0 Å². The minimum atomic E-state index is -0.385. The predicted octanol–water partition coefficient (Wildman–Crippen LogP) is 0.693. The first-order valence-corrected chi connectivity index (χ1v) is 8.93. The van der Waals surface area contributed by atoms with Crippen LogP contribution >= 0.6 is 0 Å². The van der Waals surface area contributed by atoms with E-state index in [0.29, 0.717) is 0 Å². The molecule has 0 aliphatic heterocycles. The smallest absolute Gasteiger partial charge is 0.0549 e. The number of hydrogen-bond acceptors (Lipinski definition) is 0. The highest BCUT2D eigenvalue weighted by molar-refractivity contribution is 7.40. The molecule has 0 nitrogen and oxygen atoms in total. The summed E-state index contributed by atoms with van der Waals surface area (Å²) >= 11 is 0. The average molecular weight is 190 g/mol. The Morgan fingerprint density at radius 1 is 1.36 bits per heavy atom. The lowest BCUT2D eigenvalue weighted by Crippen LogP contribution is -2.36. The highest BCUT2D eigenvalue weighted by Crippen LogP contribution is 1.86. The molecule has 11 heavy (non-hydrogen) atoms. The van der Waals surface area contributed by atoms with Crippen molar-refractivity contribution in [2.45, 2.75) is 13.0 Å². The van der Waals surface area contributed by atoms with Crippen LogP contribution in [0.4, 0.5) is 0 Å². The maximum absolute atomic E-state index is 3.81. The Morgan fingerprint density at radius 3 is 2.55 bits per heavy atom. The van der Waals surface area contributed by atoms with Gasteiger partial charge in [-0.15, -0.1) is 0 Å². The number of hydrogen-bond donors (Lipinski definition) is 0. The second-order valence-corrected chi connectivity index (χ2v) is 10.2. The van der Waals surface area contributed by atoms with Gasteiger partial charge in [0, 0.05) is 18.8 Å². The predicted molar refractivity (Wildman–Crippen MR) is 53.8 cm³/mol. The summed E-state index contributed by atoms with van der Waals surface area (Å²) < 4.78 is 0. The molecule has 0 heterocycles. The van der Waals surface area contributed by atoms with Crippen molar-refractivity contribution in [2.75, 3.05) is 0 Å². The lowest BCUT2D eigenvalue weighted by Gasteiger charge is -2.05.